The van der Waals surface area contributed by atoms with E-state index < -0.39 is 0 Å². The molecule has 3 rings (SSSR count). The molecule has 1 aliphatic rings. The van der Waals surface area contributed by atoms with Gasteiger partial charge in [-0.1, -0.05) is 11.6 Å². The van der Waals surface area contributed by atoms with Crippen LogP contribution >= 0.6 is 0 Å². The molecule has 6 heteroatoms. The Bertz CT molecular complexity index is 727. The maximum absolute atomic E-state index is 6.22. The first-order valence-corrected chi connectivity index (χ1v) is 8.69. The fraction of sp³-hybridized carbons (Fsp3) is 0.368. The van der Waals surface area contributed by atoms with Crippen LogP contribution < -0.4 is 21.1 Å². The summed E-state index contributed by atoms with van der Waals surface area (Å²) in [6.45, 7) is 0.828. The fourth-order valence-electron chi connectivity index (χ4n) is 2.92. The molecule has 25 heavy (non-hydrogen) atoms. The molecule has 0 radical (unpaired) electrons. The fourth-order valence-corrected chi connectivity index (χ4v) is 2.92. The van der Waals surface area contributed by atoms with Crippen LogP contribution in [0.2, 0.25) is 0 Å². The third kappa shape index (κ3) is 4.62. The molecule has 1 aliphatic carbocycles. The number of hydrogen-bond acceptors (Lipinski definition) is 6. The van der Waals surface area contributed by atoms with E-state index >= 15 is 0 Å². The Labute approximate surface area is 148 Å². The molecule has 6 nitrogen and oxygen atoms in total. The van der Waals surface area contributed by atoms with Crippen molar-refractivity contribution in [2.24, 2.45) is 0 Å². The largest absolute Gasteiger partial charge is 0.497 e. The maximum atomic E-state index is 6.22. The smallest absolute Gasteiger partial charge is 0.159 e. The van der Waals surface area contributed by atoms with Gasteiger partial charge in [0.25, 0.3) is 0 Å². The van der Waals surface area contributed by atoms with Gasteiger partial charge in [0.2, 0.25) is 0 Å². The van der Waals surface area contributed by atoms with Gasteiger partial charge >= 0.3 is 0 Å². The number of nitrogens with zero attached hydrogens (tertiary/aromatic N) is 2. The number of hydrogen-bond donors (Lipinski definition) is 3. The van der Waals surface area contributed by atoms with E-state index in [1.54, 1.807) is 7.11 Å². The number of nitrogen functional groups attached to an aromatic ring is 1. The van der Waals surface area contributed by atoms with E-state index in [4.69, 9.17) is 10.5 Å². The summed E-state index contributed by atoms with van der Waals surface area (Å²) >= 11 is 0. The predicted octanol–water partition coefficient (Wildman–Crippen LogP) is 4.11. The van der Waals surface area contributed by atoms with E-state index in [0.29, 0.717) is 17.3 Å². The molecular weight excluding hydrogens is 314 g/mol. The molecule has 1 aromatic heterocycles. The number of anilines is 4. The van der Waals surface area contributed by atoms with Gasteiger partial charge in [-0.3, -0.25) is 0 Å². The average molecular weight is 339 g/mol. The van der Waals surface area contributed by atoms with E-state index in [0.717, 1.165) is 24.4 Å². The standard InChI is InChI=1S/C19H25N5O/c1-25-16-9-7-15(8-10-16)24-19-17(20)18(22-13-23-19)21-12-11-14-5-3-2-4-6-14/h5,7-10,13H,2-4,6,11-12,20H2,1H3,(H2,21,22,23,24). The quantitative estimate of drug-likeness (QED) is 0.658. The molecule has 4 N–H and O–H groups in total. The molecular formula is C19H25N5O. The van der Waals surface area contributed by atoms with E-state index in [1.807, 2.05) is 24.3 Å². The van der Waals surface area contributed by atoms with Gasteiger partial charge in [-0.15, -0.1) is 0 Å². The minimum Gasteiger partial charge on any atom is -0.497 e. The minimum atomic E-state index is 0.524. The molecule has 0 bridgehead atoms. The van der Waals surface area contributed by atoms with Crippen LogP contribution in [0, 0.1) is 0 Å². The molecule has 1 heterocycles. The van der Waals surface area contributed by atoms with E-state index in [1.165, 1.54) is 37.6 Å². The third-order valence-corrected chi connectivity index (χ3v) is 4.36. The summed E-state index contributed by atoms with van der Waals surface area (Å²) in [4.78, 5) is 8.51. The summed E-state index contributed by atoms with van der Waals surface area (Å²) in [6.07, 6.45) is 9.96. The van der Waals surface area contributed by atoms with Crippen LogP contribution in [-0.4, -0.2) is 23.6 Å². The summed E-state index contributed by atoms with van der Waals surface area (Å²) in [6, 6.07) is 7.61. The monoisotopic (exact) mass is 339 g/mol. The van der Waals surface area contributed by atoms with Gasteiger partial charge in [0.1, 0.15) is 17.8 Å². The average Bonchev–Trinajstić information content (AvgIpc) is 2.66. The van der Waals surface area contributed by atoms with Crippen LogP contribution in [0.4, 0.5) is 23.0 Å². The molecule has 2 aromatic rings. The number of ether oxygens (including phenoxy) is 1. The molecule has 0 spiro atoms. The first-order valence-electron chi connectivity index (χ1n) is 8.69. The number of rotatable bonds is 7. The van der Waals surface area contributed by atoms with Crippen LogP contribution in [0.25, 0.3) is 0 Å². The van der Waals surface area contributed by atoms with Crippen LogP contribution in [0.3, 0.4) is 0 Å². The topological polar surface area (TPSA) is 85.1 Å². The zero-order chi connectivity index (χ0) is 17.5. The summed E-state index contributed by atoms with van der Waals surface area (Å²) in [5.41, 5.74) is 9.16. The van der Waals surface area contributed by atoms with E-state index in [9.17, 15) is 0 Å². The number of benzene rings is 1. The van der Waals surface area contributed by atoms with Crippen molar-refractivity contribution in [2.45, 2.75) is 32.1 Å². The zero-order valence-electron chi connectivity index (χ0n) is 14.6. The van der Waals surface area contributed by atoms with Crippen LogP contribution in [0.1, 0.15) is 32.1 Å². The first kappa shape index (κ1) is 17.1. The second-order valence-electron chi connectivity index (χ2n) is 6.12. The number of aromatic nitrogens is 2. The lowest BCUT2D eigenvalue weighted by Crippen LogP contribution is -2.10. The van der Waals surface area contributed by atoms with Crippen LogP contribution in [-0.2, 0) is 0 Å². The summed E-state index contributed by atoms with van der Waals surface area (Å²) in [5, 5.41) is 6.55. The third-order valence-electron chi connectivity index (χ3n) is 4.36. The number of methoxy groups -OCH3 is 1. The zero-order valence-corrected chi connectivity index (χ0v) is 14.6. The highest BCUT2D eigenvalue weighted by atomic mass is 16.5. The SMILES string of the molecule is COc1ccc(Nc2ncnc(NCCC3=CCCCC3)c2N)cc1. The van der Waals surface area contributed by atoms with Crippen molar-refractivity contribution in [1.29, 1.82) is 0 Å². The Kier molecular flexibility index (Phi) is 5.72. The molecule has 0 atom stereocenters. The van der Waals surface area contributed by atoms with E-state index in [-0.39, 0.29) is 0 Å². The van der Waals surface area contributed by atoms with Gasteiger partial charge < -0.3 is 21.1 Å². The van der Waals surface area contributed by atoms with Gasteiger partial charge in [-0.25, -0.2) is 9.97 Å². The van der Waals surface area contributed by atoms with Gasteiger partial charge in [-0.2, -0.15) is 0 Å². The van der Waals surface area contributed by atoms with Gasteiger partial charge in [0.15, 0.2) is 11.6 Å². The molecule has 0 unspecified atom stereocenters. The van der Waals surface area contributed by atoms with Gasteiger partial charge in [-0.05, 0) is 56.4 Å². The highest BCUT2D eigenvalue weighted by Crippen LogP contribution is 2.27. The normalized spacial score (nSPS) is 13.9. The summed E-state index contributed by atoms with van der Waals surface area (Å²) in [7, 11) is 1.64. The summed E-state index contributed by atoms with van der Waals surface area (Å²) in [5.74, 6) is 2.07. The predicted molar refractivity (Wildman–Crippen MR) is 102 cm³/mol. The van der Waals surface area contributed by atoms with E-state index in [2.05, 4.69) is 26.7 Å². The molecule has 0 saturated carbocycles. The first-order chi connectivity index (χ1) is 12.3. The molecule has 0 fully saturated rings. The Hall–Kier alpha value is -2.76. The molecule has 0 amide bonds. The van der Waals surface area contributed by atoms with Gasteiger partial charge in [0.05, 0.1) is 7.11 Å². The van der Waals surface area contributed by atoms with Crippen molar-refractivity contribution in [3.05, 3.63) is 42.2 Å². The lowest BCUT2D eigenvalue weighted by molar-refractivity contribution is 0.415. The van der Waals surface area contributed by atoms with Crippen molar-refractivity contribution in [1.82, 2.24) is 9.97 Å². The van der Waals surface area contributed by atoms with Crippen molar-refractivity contribution in [2.75, 3.05) is 30.0 Å². The lowest BCUT2D eigenvalue weighted by Gasteiger charge is -2.15. The Morgan fingerprint density at radius 3 is 2.64 bits per heavy atom. The molecule has 0 saturated heterocycles. The van der Waals surface area contributed by atoms with Crippen molar-refractivity contribution >= 4 is 23.0 Å². The van der Waals surface area contributed by atoms with Crippen LogP contribution in [0.15, 0.2) is 42.2 Å². The Morgan fingerprint density at radius 2 is 1.92 bits per heavy atom. The molecule has 0 aliphatic heterocycles. The Balaban J connectivity index is 1.61. The second kappa shape index (κ2) is 8.37. The van der Waals surface area contributed by atoms with Crippen molar-refractivity contribution < 1.29 is 4.74 Å². The Morgan fingerprint density at radius 1 is 1.12 bits per heavy atom. The number of allylic oxidation sites excluding steroid dienone is 1. The minimum absolute atomic E-state index is 0.524. The summed E-state index contributed by atoms with van der Waals surface area (Å²) < 4.78 is 5.16. The highest BCUT2D eigenvalue weighted by Gasteiger charge is 2.09. The second-order valence-corrected chi connectivity index (χ2v) is 6.12. The van der Waals surface area contributed by atoms with Gasteiger partial charge in [0, 0.05) is 12.2 Å². The van der Waals surface area contributed by atoms with Crippen molar-refractivity contribution in [3.63, 3.8) is 0 Å². The number of nitrogens with one attached hydrogen (secondary N) is 2. The lowest BCUT2D eigenvalue weighted by atomic mass is 9.97. The molecule has 132 valence electrons. The van der Waals surface area contributed by atoms with Crippen LogP contribution in [0.5, 0.6) is 5.75 Å². The number of nitrogens with two attached hydrogens (primary N) is 1. The van der Waals surface area contributed by atoms with Crippen molar-refractivity contribution in [3.8, 4) is 5.75 Å². The maximum Gasteiger partial charge on any atom is 0.159 e. The highest BCUT2D eigenvalue weighted by molar-refractivity contribution is 5.77. The molecule has 1 aromatic carbocycles.